The lowest BCUT2D eigenvalue weighted by molar-refractivity contribution is -0.155. The Kier molecular flexibility index (Phi) is 21.5. The number of benzene rings is 6. The van der Waals surface area contributed by atoms with Gasteiger partial charge in [0.15, 0.2) is 46.0 Å². The smallest absolute Gasteiger partial charge is 0.348 e. The highest BCUT2D eigenvalue weighted by Crippen LogP contribution is 2.43. The Morgan fingerprint density at radius 3 is 1.13 bits per heavy atom. The predicted molar refractivity (Wildman–Crippen MR) is 309 cm³/mol. The van der Waals surface area contributed by atoms with Crippen molar-refractivity contribution in [3.8, 4) is 46.0 Å². The predicted octanol–water partition coefficient (Wildman–Crippen LogP) is 9.45. The molecule has 18 nitrogen and oxygen atoms in total. The van der Waals surface area contributed by atoms with Gasteiger partial charge >= 0.3 is 23.9 Å². The summed E-state index contributed by atoms with van der Waals surface area (Å²) in [7, 11) is 12.7. The largest absolute Gasteiger partial charge is 0.493 e. The summed E-state index contributed by atoms with van der Waals surface area (Å²) in [5.41, 5.74) is 6.54. The van der Waals surface area contributed by atoms with Gasteiger partial charge < -0.3 is 56.8 Å². The van der Waals surface area contributed by atoms with E-state index in [9.17, 15) is 19.2 Å². The number of esters is 4. The van der Waals surface area contributed by atoms with E-state index in [-0.39, 0.29) is 49.5 Å². The number of unbranched alkanes of at least 4 members (excludes halogenated alkanes) is 2. The first-order valence-electron chi connectivity index (χ1n) is 27.7. The van der Waals surface area contributed by atoms with Gasteiger partial charge in [-0.15, -0.1) is 0 Å². The maximum Gasteiger partial charge on any atom is 0.348 e. The number of carbonyl (C=O) groups is 4. The van der Waals surface area contributed by atoms with Crippen LogP contribution in [0.15, 0.2) is 121 Å². The van der Waals surface area contributed by atoms with Gasteiger partial charge in [0.05, 0.1) is 81.2 Å². The SMILES string of the molecule is COc1ccc(CC2c3cc(OC)c(OC)cc3CCN2CC(OC(=O)c2ccccc2)C(=O)OCCCCCOC(=O)C(CN2CCc3cc(OC)c(OC)cc3C2Cc2ccc(OC)c(OC)c2)OC(=O)c2ccccc2)cc1OC. The second kappa shape index (κ2) is 29.5. The van der Waals surface area contributed by atoms with Gasteiger partial charge in [0.2, 0.25) is 12.2 Å². The molecule has 0 bridgehead atoms. The van der Waals surface area contributed by atoms with Crippen molar-refractivity contribution in [3.63, 3.8) is 0 Å². The minimum Gasteiger partial charge on any atom is -0.493 e. The summed E-state index contributed by atoms with van der Waals surface area (Å²) >= 11 is 0. The number of nitrogens with zero attached hydrogens (tertiary/aromatic N) is 2. The second-order valence-electron chi connectivity index (χ2n) is 20.0. The van der Waals surface area contributed by atoms with E-state index in [1.165, 1.54) is 0 Å². The average molecular weight is 1140 g/mol. The standard InChI is InChI=1S/C65H74N2O16/c1-72-52-24-22-42(34-54(52)74-3)32-50-48-38-58(78-7)56(76-5)36-46(48)26-28-66(50)40-60(82-62(68)44-18-12-9-13-19-44)64(70)80-30-16-11-17-31-81-65(71)61(83-63(69)45-20-14-10-15-21-45)41-67-29-27-47-37-57(77-6)59(79-8)39-49(47)51(67)33-43-23-25-53(73-2)55(35-43)75-4/h9-10,12-15,18-25,34-39,50-51,60-61H,11,16-17,26-33,40-41H2,1-8H3. The molecular weight excluding hydrogens is 1060 g/mol. The van der Waals surface area contributed by atoms with E-state index in [1.807, 2.05) is 60.7 Å². The monoisotopic (exact) mass is 1140 g/mol. The minimum absolute atomic E-state index is 0.00688. The van der Waals surface area contributed by atoms with Crippen molar-refractivity contribution in [2.45, 2.75) is 69.2 Å². The molecule has 0 spiro atoms. The molecule has 0 radical (unpaired) electrons. The molecule has 440 valence electrons. The lowest BCUT2D eigenvalue weighted by Crippen LogP contribution is -2.45. The average Bonchev–Trinajstić information content (AvgIpc) is 3.72. The lowest BCUT2D eigenvalue weighted by Gasteiger charge is -2.39. The summed E-state index contributed by atoms with van der Waals surface area (Å²) in [5.74, 6) is 1.93. The van der Waals surface area contributed by atoms with Gasteiger partial charge in [-0.25, -0.2) is 19.2 Å². The molecule has 0 fully saturated rings. The van der Waals surface area contributed by atoms with Crippen LogP contribution in [0.2, 0.25) is 0 Å². The third kappa shape index (κ3) is 15.2. The van der Waals surface area contributed by atoms with E-state index < -0.39 is 36.1 Å². The molecule has 0 saturated carbocycles. The summed E-state index contributed by atoms with van der Waals surface area (Å²) in [5, 5.41) is 0. The summed E-state index contributed by atoms with van der Waals surface area (Å²) in [6.45, 7) is 1.11. The van der Waals surface area contributed by atoms with Crippen LogP contribution < -0.4 is 37.9 Å². The summed E-state index contributed by atoms with van der Waals surface area (Å²) in [6.07, 6.45) is 0.960. The second-order valence-corrected chi connectivity index (χ2v) is 20.0. The van der Waals surface area contributed by atoms with E-state index in [1.54, 1.807) is 118 Å². The Hall–Kier alpha value is -8.48. The molecule has 0 amide bonds. The molecule has 4 atom stereocenters. The minimum atomic E-state index is -1.30. The fourth-order valence-electron chi connectivity index (χ4n) is 10.7. The molecule has 8 rings (SSSR count). The van der Waals surface area contributed by atoms with Crippen LogP contribution in [0.25, 0.3) is 0 Å². The Morgan fingerprint density at radius 1 is 0.422 bits per heavy atom. The molecule has 2 aliphatic rings. The van der Waals surface area contributed by atoms with E-state index in [0.717, 1.165) is 33.4 Å². The van der Waals surface area contributed by atoms with Crippen molar-refractivity contribution in [2.75, 3.05) is 96.3 Å². The molecule has 2 heterocycles. The zero-order valence-electron chi connectivity index (χ0n) is 48.5. The highest BCUT2D eigenvalue weighted by Gasteiger charge is 2.37. The molecule has 18 heteroatoms. The van der Waals surface area contributed by atoms with Gasteiger partial charge in [-0.2, -0.15) is 0 Å². The number of hydrogen-bond acceptors (Lipinski definition) is 18. The fourth-order valence-corrected chi connectivity index (χ4v) is 10.7. The first kappa shape index (κ1) is 60.6. The van der Waals surface area contributed by atoms with Crippen LogP contribution >= 0.6 is 0 Å². The van der Waals surface area contributed by atoms with Gasteiger partial charge in [-0.05, 0) is 151 Å². The number of methoxy groups -OCH3 is 8. The third-order valence-corrected chi connectivity index (χ3v) is 15.1. The number of fused-ring (bicyclic) bond motifs is 2. The van der Waals surface area contributed by atoms with Crippen molar-refractivity contribution < 1.29 is 76.0 Å². The lowest BCUT2D eigenvalue weighted by atomic mass is 9.87. The van der Waals surface area contributed by atoms with Crippen molar-refractivity contribution in [2.24, 2.45) is 0 Å². The highest BCUT2D eigenvalue weighted by molar-refractivity contribution is 5.92. The Bertz CT molecular complexity index is 2950. The quantitative estimate of drug-likeness (QED) is 0.0257. The summed E-state index contributed by atoms with van der Waals surface area (Å²) in [6, 6.07) is 35.8. The summed E-state index contributed by atoms with van der Waals surface area (Å²) in [4.78, 5) is 60.1. The van der Waals surface area contributed by atoms with Crippen LogP contribution in [0, 0.1) is 0 Å². The third-order valence-electron chi connectivity index (χ3n) is 15.1. The van der Waals surface area contributed by atoms with Crippen molar-refractivity contribution in [3.05, 3.63) is 166 Å². The highest BCUT2D eigenvalue weighted by atomic mass is 16.6. The van der Waals surface area contributed by atoms with Gasteiger partial charge in [0, 0.05) is 38.3 Å². The zero-order valence-corrected chi connectivity index (χ0v) is 48.5. The van der Waals surface area contributed by atoms with Crippen LogP contribution in [0.4, 0.5) is 0 Å². The molecule has 6 aromatic carbocycles. The molecule has 0 N–H and O–H groups in total. The molecule has 0 aliphatic carbocycles. The normalized spacial score (nSPS) is 15.5. The van der Waals surface area contributed by atoms with Crippen LogP contribution in [-0.4, -0.2) is 142 Å². The van der Waals surface area contributed by atoms with Crippen molar-refractivity contribution >= 4 is 23.9 Å². The van der Waals surface area contributed by atoms with Crippen LogP contribution in [0.3, 0.4) is 0 Å². The molecule has 0 aromatic heterocycles. The van der Waals surface area contributed by atoms with E-state index in [4.69, 9.17) is 56.8 Å². The van der Waals surface area contributed by atoms with Crippen LogP contribution in [0.5, 0.6) is 46.0 Å². The first-order chi connectivity index (χ1) is 40.4. The van der Waals surface area contributed by atoms with Crippen molar-refractivity contribution in [1.29, 1.82) is 0 Å². The van der Waals surface area contributed by atoms with E-state index >= 15 is 0 Å². The fraction of sp³-hybridized carbons (Fsp3) is 0.385. The molecular formula is C65H74N2O16. The van der Waals surface area contributed by atoms with E-state index in [0.29, 0.717) is 104 Å². The van der Waals surface area contributed by atoms with E-state index in [2.05, 4.69) is 9.80 Å². The maximum atomic E-state index is 14.2. The van der Waals surface area contributed by atoms with Gasteiger partial charge in [0.25, 0.3) is 0 Å². The number of ether oxygens (including phenoxy) is 12. The Labute approximate surface area is 485 Å². The number of carbonyl (C=O) groups excluding carboxylic acids is 4. The maximum absolute atomic E-state index is 14.2. The Morgan fingerprint density at radius 2 is 0.771 bits per heavy atom. The molecule has 4 unspecified atom stereocenters. The molecule has 6 aromatic rings. The Balaban J connectivity index is 0.945. The molecule has 0 saturated heterocycles. The number of rotatable bonds is 28. The molecule has 2 aliphatic heterocycles. The first-order valence-corrected chi connectivity index (χ1v) is 27.7. The topological polar surface area (TPSA) is 186 Å². The van der Waals surface area contributed by atoms with Crippen molar-refractivity contribution in [1.82, 2.24) is 9.80 Å². The van der Waals surface area contributed by atoms with Crippen LogP contribution in [0.1, 0.15) is 85.4 Å². The molecule has 83 heavy (non-hydrogen) atoms. The van der Waals surface area contributed by atoms with Crippen LogP contribution in [-0.2, 0) is 54.2 Å². The van der Waals surface area contributed by atoms with Gasteiger partial charge in [0.1, 0.15) is 0 Å². The number of hydrogen-bond donors (Lipinski definition) is 0. The van der Waals surface area contributed by atoms with Gasteiger partial charge in [-0.1, -0.05) is 48.5 Å². The summed E-state index contributed by atoms with van der Waals surface area (Å²) < 4.78 is 69.0. The van der Waals surface area contributed by atoms with Gasteiger partial charge in [-0.3, -0.25) is 9.80 Å². The zero-order chi connectivity index (χ0) is 58.8.